The third-order valence-corrected chi connectivity index (χ3v) is 3.74. The average molecular weight is 267 g/mol. The first-order valence-electron chi connectivity index (χ1n) is 5.94. The number of methoxy groups -OCH3 is 1. The fraction of sp³-hybridized carbons (Fsp3) is 0.500. The molecular formula is C14H19ClN2O. The average Bonchev–Trinajstić information content (AvgIpc) is 2.38. The van der Waals surface area contributed by atoms with Crippen LogP contribution in [0.15, 0.2) is 6.07 Å². The van der Waals surface area contributed by atoms with Crippen molar-refractivity contribution in [3.8, 4) is 11.8 Å². The number of aryl methyl sites for hydroxylation is 1. The monoisotopic (exact) mass is 266 g/mol. The summed E-state index contributed by atoms with van der Waals surface area (Å²) < 4.78 is 5.44. The molecule has 0 heterocycles. The van der Waals surface area contributed by atoms with Gasteiger partial charge in [0.15, 0.2) is 0 Å². The molecule has 0 aliphatic carbocycles. The molecule has 1 N–H and O–H groups in total. The zero-order chi connectivity index (χ0) is 13.7. The lowest BCUT2D eigenvalue weighted by Crippen LogP contribution is -2.18. The smallest absolute Gasteiger partial charge is 0.124 e. The van der Waals surface area contributed by atoms with Crippen LogP contribution in [-0.2, 0) is 0 Å². The van der Waals surface area contributed by atoms with E-state index >= 15 is 0 Å². The van der Waals surface area contributed by atoms with E-state index in [1.54, 1.807) is 7.11 Å². The van der Waals surface area contributed by atoms with Crippen molar-refractivity contribution < 1.29 is 4.74 Å². The molecule has 0 bridgehead atoms. The highest BCUT2D eigenvalue weighted by Crippen LogP contribution is 2.36. The van der Waals surface area contributed by atoms with Crippen LogP contribution in [0.25, 0.3) is 0 Å². The largest absolute Gasteiger partial charge is 0.496 e. The summed E-state index contributed by atoms with van der Waals surface area (Å²) in [5, 5.41) is 12.7. The van der Waals surface area contributed by atoms with Gasteiger partial charge in [0.1, 0.15) is 5.75 Å². The first kappa shape index (κ1) is 14.8. The number of halogens is 1. The summed E-state index contributed by atoms with van der Waals surface area (Å²) in [6.45, 7) is 3.95. The maximum Gasteiger partial charge on any atom is 0.124 e. The van der Waals surface area contributed by atoms with Crippen LogP contribution in [0, 0.1) is 25.2 Å². The minimum atomic E-state index is 0.0812. The number of hydrogen-bond donors (Lipinski definition) is 1. The van der Waals surface area contributed by atoms with Gasteiger partial charge in [0, 0.05) is 23.0 Å². The van der Waals surface area contributed by atoms with E-state index in [1.807, 2.05) is 27.0 Å². The molecule has 0 aliphatic rings. The molecule has 18 heavy (non-hydrogen) atoms. The standard InChI is InChI=1S/C14H19ClN2O/c1-9-8-12(18-4)13(10(2)14(9)15)11(17-3)6-5-7-16/h8,11,17H,5-6H2,1-4H3. The lowest BCUT2D eigenvalue weighted by Gasteiger charge is -2.22. The molecule has 98 valence electrons. The van der Waals surface area contributed by atoms with Crippen LogP contribution in [0.2, 0.25) is 5.02 Å². The normalized spacial score (nSPS) is 12.0. The Kier molecular flexibility index (Phi) is 5.46. The summed E-state index contributed by atoms with van der Waals surface area (Å²) in [7, 11) is 3.54. The van der Waals surface area contributed by atoms with Gasteiger partial charge < -0.3 is 10.1 Å². The lowest BCUT2D eigenvalue weighted by molar-refractivity contribution is 0.398. The van der Waals surface area contributed by atoms with Crippen molar-refractivity contribution in [3.05, 3.63) is 27.8 Å². The van der Waals surface area contributed by atoms with Gasteiger partial charge in [-0.15, -0.1) is 0 Å². The first-order valence-corrected chi connectivity index (χ1v) is 6.32. The second-order valence-corrected chi connectivity index (χ2v) is 4.66. The highest BCUT2D eigenvalue weighted by atomic mass is 35.5. The van der Waals surface area contributed by atoms with Crippen molar-refractivity contribution in [2.45, 2.75) is 32.7 Å². The predicted octanol–water partition coefficient (Wildman–Crippen LogP) is 3.53. The Morgan fingerprint density at radius 1 is 1.50 bits per heavy atom. The van der Waals surface area contributed by atoms with Crippen molar-refractivity contribution in [2.24, 2.45) is 0 Å². The molecule has 0 amide bonds. The number of rotatable bonds is 5. The van der Waals surface area contributed by atoms with Gasteiger partial charge in [-0.2, -0.15) is 5.26 Å². The van der Waals surface area contributed by atoms with E-state index in [1.165, 1.54) is 0 Å². The first-order chi connectivity index (χ1) is 8.56. The maximum absolute atomic E-state index is 8.72. The van der Waals surface area contributed by atoms with Crippen molar-refractivity contribution in [1.82, 2.24) is 5.32 Å². The molecule has 4 heteroatoms. The van der Waals surface area contributed by atoms with E-state index in [0.717, 1.165) is 33.9 Å². The number of nitriles is 1. The SMILES string of the molecule is CNC(CCC#N)c1c(OC)cc(C)c(Cl)c1C. The van der Waals surface area contributed by atoms with E-state index in [2.05, 4.69) is 11.4 Å². The molecule has 0 aromatic heterocycles. The van der Waals surface area contributed by atoms with Crippen LogP contribution in [0.5, 0.6) is 5.75 Å². The summed E-state index contributed by atoms with van der Waals surface area (Å²) in [6.07, 6.45) is 1.24. The molecule has 0 fully saturated rings. The molecule has 0 aliphatic heterocycles. The highest BCUT2D eigenvalue weighted by Gasteiger charge is 2.20. The molecular weight excluding hydrogens is 248 g/mol. The summed E-state index contributed by atoms with van der Waals surface area (Å²) >= 11 is 6.30. The Hall–Kier alpha value is -1.24. The number of nitrogens with one attached hydrogen (secondary N) is 1. The Morgan fingerprint density at radius 2 is 2.17 bits per heavy atom. The van der Waals surface area contributed by atoms with Crippen LogP contribution in [0.4, 0.5) is 0 Å². The second-order valence-electron chi connectivity index (χ2n) is 4.29. The van der Waals surface area contributed by atoms with Gasteiger partial charge in [0.05, 0.1) is 13.2 Å². The summed E-state index contributed by atoms with van der Waals surface area (Å²) in [5.74, 6) is 0.826. The fourth-order valence-electron chi connectivity index (χ4n) is 2.18. The lowest BCUT2D eigenvalue weighted by atomic mass is 9.95. The van der Waals surface area contributed by atoms with Gasteiger partial charge in [0.2, 0.25) is 0 Å². The van der Waals surface area contributed by atoms with Crippen molar-refractivity contribution >= 4 is 11.6 Å². The summed E-state index contributed by atoms with van der Waals surface area (Å²) in [6, 6.07) is 4.20. The molecule has 1 aromatic rings. The molecule has 1 aromatic carbocycles. The van der Waals surface area contributed by atoms with Gasteiger partial charge in [0.25, 0.3) is 0 Å². The van der Waals surface area contributed by atoms with E-state index in [0.29, 0.717) is 6.42 Å². The second kappa shape index (κ2) is 6.63. The third kappa shape index (κ3) is 2.95. The van der Waals surface area contributed by atoms with Gasteiger partial charge in [-0.05, 0) is 44.5 Å². The van der Waals surface area contributed by atoms with E-state index in [-0.39, 0.29) is 6.04 Å². The molecule has 1 unspecified atom stereocenters. The van der Waals surface area contributed by atoms with Crippen LogP contribution >= 0.6 is 11.6 Å². The Balaban J connectivity index is 3.28. The Morgan fingerprint density at radius 3 is 2.67 bits per heavy atom. The maximum atomic E-state index is 8.72. The van der Waals surface area contributed by atoms with Gasteiger partial charge in [-0.25, -0.2) is 0 Å². The number of ether oxygens (including phenoxy) is 1. The fourth-order valence-corrected chi connectivity index (χ4v) is 2.34. The molecule has 0 radical (unpaired) electrons. The van der Waals surface area contributed by atoms with Crippen LogP contribution in [-0.4, -0.2) is 14.2 Å². The molecule has 1 rings (SSSR count). The van der Waals surface area contributed by atoms with E-state index in [9.17, 15) is 0 Å². The zero-order valence-corrected chi connectivity index (χ0v) is 12.1. The van der Waals surface area contributed by atoms with Crippen molar-refractivity contribution in [1.29, 1.82) is 5.26 Å². The quantitative estimate of drug-likeness (QED) is 0.887. The zero-order valence-electron chi connectivity index (χ0n) is 11.3. The highest BCUT2D eigenvalue weighted by molar-refractivity contribution is 6.32. The van der Waals surface area contributed by atoms with Crippen LogP contribution < -0.4 is 10.1 Å². The van der Waals surface area contributed by atoms with Gasteiger partial charge in [-0.1, -0.05) is 11.6 Å². The number of hydrogen-bond acceptors (Lipinski definition) is 3. The molecule has 0 saturated heterocycles. The molecule has 0 spiro atoms. The molecule has 0 saturated carbocycles. The number of nitrogens with zero attached hydrogens (tertiary/aromatic N) is 1. The van der Waals surface area contributed by atoms with Gasteiger partial charge >= 0.3 is 0 Å². The molecule has 3 nitrogen and oxygen atoms in total. The minimum absolute atomic E-state index is 0.0812. The van der Waals surface area contributed by atoms with Gasteiger partial charge in [-0.3, -0.25) is 0 Å². The Bertz CT molecular complexity index is 466. The van der Waals surface area contributed by atoms with E-state index in [4.69, 9.17) is 21.6 Å². The van der Waals surface area contributed by atoms with Crippen LogP contribution in [0.1, 0.15) is 35.6 Å². The summed E-state index contributed by atoms with van der Waals surface area (Å²) in [5.41, 5.74) is 3.07. The minimum Gasteiger partial charge on any atom is -0.496 e. The van der Waals surface area contributed by atoms with Crippen molar-refractivity contribution in [3.63, 3.8) is 0 Å². The predicted molar refractivity (Wildman–Crippen MR) is 74.1 cm³/mol. The Labute approximate surface area is 114 Å². The van der Waals surface area contributed by atoms with E-state index < -0.39 is 0 Å². The number of benzene rings is 1. The molecule has 1 atom stereocenters. The summed E-state index contributed by atoms with van der Waals surface area (Å²) in [4.78, 5) is 0. The topological polar surface area (TPSA) is 45.0 Å². The van der Waals surface area contributed by atoms with Crippen molar-refractivity contribution in [2.75, 3.05) is 14.2 Å². The van der Waals surface area contributed by atoms with Crippen LogP contribution in [0.3, 0.4) is 0 Å². The third-order valence-electron chi connectivity index (χ3n) is 3.15.